The van der Waals surface area contributed by atoms with Gasteiger partial charge in [0.05, 0.1) is 16.2 Å². The smallest absolute Gasteiger partial charge is 0.340 e. The molecule has 2 aromatic rings. The molecule has 0 radical (unpaired) electrons. The van der Waals surface area contributed by atoms with Crippen molar-refractivity contribution < 1.29 is 19.2 Å². The van der Waals surface area contributed by atoms with Gasteiger partial charge < -0.3 is 20.3 Å². The van der Waals surface area contributed by atoms with Crippen molar-refractivity contribution in [3.05, 3.63) is 63.7 Å². The number of non-ortho nitro benzene ring substituents is 1. The normalized spacial score (nSPS) is 10.2. The second kappa shape index (κ2) is 8.85. The number of nitro groups is 1. The predicted octanol–water partition coefficient (Wildman–Crippen LogP) is 2.06. The van der Waals surface area contributed by atoms with Crippen molar-refractivity contribution in [2.75, 3.05) is 38.4 Å². The molecule has 0 atom stereocenters. The molecule has 0 bridgehead atoms. The van der Waals surface area contributed by atoms with Gasteiger partial charge in [-0.1, -0.05) is 12.1 Å². The number of hydrogen-bond donors (Lipinski definition) is 1. The number of anilines is 2. The molecule has 148 valence electrons. The lowest BCUT2D eigenvalue weighted by molar-refractivity contribution is -0.384. The maximum absolute atomic E-state index is 12.2. The van der Waals surface area contributed by atoms with Gasteiger partial charge in [0.15, 0.2) is 6.61 Å². The Labute approximate surface area is 162 Å². The second-order valence-electron chi connectivity index (χ2n) is 6.42. The Morgan fingerprint density at radius 2 is 1.75 bits per heavy atom. The number of nitrogens with zero attached hydrogens (tertiary/aromatic N) is 3. The fourth-order valence-electron chi connectivity index (χ4n) is 2.43. The van der Waals surface area contributed by atoms with E-state index >= 15 is 0 Å². The van der Waals surface area contributed by atoms with E-state index in [1.54, 1.807) is 7.05 Å². The number of nitrogen functional groups attached to an aromatic ring is 1. The number of nitrogens with two attached hydrogens (primary N) is 1. The van der Waals surface area contributed by atoms with Crippen LogP contribution in [0.1, 0.15) is 15.9 Å². The van der Waals surface area contributed by atoms with E-state index < -0.39 is 17.5 Å². The van der Waals surface area contributed by atoms with Crippen molar-refractivity contribution in [1.82, 2.24) is 4.90 Å². The van der Waals surface area contributed by atoms with Crippen LogP contribution < -0.4 is 10.6 Å². The van der Waals surface area contributed by atoms with Crippen molar-refractivity contribution in [2.45, 2.75) is 6.54 Å². The van der Waals surface area contributed by atoms with Gasteiger partial charge >= 0.3 is 5.97 Å². The van der Waals surface area contributed by atoms with Gasteiger partial charge in [0.25, 0.3) is 11.6 Å². The molecular formula is C19H22N4O5. The summed E-state index contributed by atoms with van der Waals surface area (Å²) in [6.45, 7) is -0.0920. The number of amides is 1. The first-order valence-corrected chi connectivity index (χ1v) is 8.40. The van der Waals surface area contributed by atoms with Crippen LogP contribution in [0.3, 0.4) is 0 Å². The molecule has 1 amide bonds. The van der Waals surface area contributed by atoms with E-state index in [1.807, 2.05) is 43.3 Å². The van der Waals surface area contributed by atoms with E-state index in [0.29, 0.717) is 6.54 Å². The molecule has 9 heteroatoms. The van der Waals surface area contributed by atoms with Gasteiger partial charge in [-0.3, -0.25) is 14.9 Å². The van der Waals surface area contributed by atoms with Crippen LogP contribution in [0, 0.1) is 10.1 Å². The van der Waals surface area contributed by atoms with Crippen molar-refractivity contribution in [2.24, 2.45) is 0 Å². The highest BCUT2D eigenvalue weighted by Crippen LogP contribution is 2.20. The molecule has 28 heavy (non-hydrogen) atoms. The highest BCUT2D eigenvalue weighted by Gasteiger charge is 2.18. The molecule has 0 aliphatic carbocycles. The summed E-state index contributed by atoms with van der Waals surface area (Å²) in [6, 6.07) is 11.2. The molecule has 0 unspecified atom stereocenters. The number of likely N-dealkylation sites (N-methyl/N-ethyl adjacent to an activating group) is 1. The third-order valence-electron chi connectivity index (χ3n) is 4.09. The molecule has 0 aromatic heterocycles. The number of ether oxygens (including phenoxy) is 1. The third kappa shape index (κ3) is 5.19. The van der Waals surface area contributed by atoms with Crippen LogP contribution in [0.5, 0.6) is 0 Å². The van der Waals surface area contributed by atoms with Crippen LogP contribution in [-0.4, -0.2) is 49.4 Å². The van der Waals surface area contributed by atoms with Gasteiger partial charge in [-0.15, -0.1) is 0 Å². The Bertz CT molecular complexity index is 880. The Morgan fingerprint density at radius 3 is 2.29 bits per heavy atom. The van der Waals surface area contributed by atoms with Gasteiger partial charge in [-0.25, -0.2) is 4.79 Å². The zero-order valence-corrected chi connectivity index (χ0v) is 15.9. The number of benzene rings is 2. The Morgan fingerprint density at radius 1 is 1.11 bits per heavy atom. The molecular weight excluding hydrogens is 364 g/mol. The monoisotopic (exact) mass is 386 g/mol. The fourth-order valence-corrected chi connectivity index (χ4v) is 2.43. The van der Waals surface area contributed by atoms with Gasteiger partial charge in [0.2, 0.25) is 0 Å². The number of esters is 1. The summed E-state index contributed by atoms with van der Waals surface area (Å²) in [4.78, 5) is 37.8. The lowest BCUT2D eigenvalue weighted by Crippen LogP contribution is -2.31. The van der Waals surface area contributed by atoms with Crippen molar-refractivity contribution >= 4 is 28.9 Å². The van der Waals surface area contributed by atoms with E-state index in [9.17, 15) is 19.7 Å². The van der Waals surface area contributed by atoms with Crippen molar-refractivity contribution in [3.63, 3.8) is 0 Å². The standard InChI is InChI=1S/C19H22N4O5/c1-21(2)14-6-4-13(5-7-14)11-22(3)18(24)12-28-19(25)16-9-8-15(23(26)27)10-17(16)20/h4-10H,11-12,20H2,1-3H3. The van der Waals surface area contributed by atoms with E-state index in [1.165, 1.54) is 11.0 Å². The first-order chi connectivity index (χ1) is 13.2. The molecule has 0 heterocycles. The summed E-state index contributed by atoms with van der Waals surface area (Å²) in [5, 5.41) is 10.7. The summed E-state index contributed by atoms with van der Waals surface area (Å²) in [6.07, 6.45) is 0. The largest absolute Gasteiger partial charge is 0.452 e. The van der Waals surface area contributed by atoms with Crippen LogP contribution >= 0.6 is 0 Å². The quantitative estimate of drug-likeness (QED) is 0.335. The maximum Gasteiger partial charge on any atom is 0.340 e. The van der Waals surface area contributed by atoms with Crippen LogP contribution in [0.15, 0.2) is 42.5 Å². The summed E-state index contributed by atoms with van der Waals surface area (Å²) >= 11 is 0. The highest BCUT2D eigenvalue weighted by atomic mass is 16.6. The number of hydrogen-bond acceptors (Lipinski definition) is 7. The maximum atomic E-state index is 12.2. The van der Waals surface area contributed by atoms with E-state index in [-0.39, 0.29) is 22.8 Å². The molecule has 2 aromatic carbocycles. The van der Waals surface area contributed by atoms with E-state index in [0.717, 1.165) is 23.4 Å². The minimum Gasteiger partial charge on any atom is -0.452 e. The van der Waals surface area contributed by atoms with E-state index in [4.69, 9.17) is 10.5 Å². The molecule has 2 rings (SSSR count). The average Bonchev–Trinajstić information content (AvgIpc) is 2.65. The van der Waals surface area contributed by atoms with Gasteiger partial charge in [-0.05, 0) is 23.8 Å². The number of nitro benzene ring substituents is 1. The first kappa shape index (κ1) is 20.7. The Kier molecular flexibility index (Phi) is 6.54. The summed E-state index contributed by atoms with van der Waals surface area (Å²) in [7, 11) is 5.49. The number of rotatable bonds is 7. The van der Waals surface area contributed by atoms with E-state index in [2.05, 4.69) is 0 Å². The summed E-state index contributed by atoms with van der Waals surface area (Å²) in [5.41, 5.74) is 7.30. The molecule has 2 N–H and O–H groups in total. The molecule has 0 aliphatic heterocycles. The number of carbonyl (C=O) groups excluding carboxylic acids is 2. The SMILES string of the molecule is CN(Cc1ccc(N(C)C)cc1)C(=O)COC(=O)c1ccc([N+](=O)[O-])cc1N. The molecule has 0 fully saturated rings. The highest BCUT2D eigenvalue weighted by molar-refractivity contribution is 5.96. The van der Waals surface area contributed by atoms with Gasteiger partial charge in [0, 0.05) is 45.5 Å². The molecule has 0 saturated carbocycles. The second-order valence-corrected chi connectivity index (χ2v) is 6.42. The average molecular weight is 386 g/mol. The molecule has 0 spiro atoms. The zero-order valence-electron chi connectivity index (χ0n) is 15.9. The summed E-state index contributed by atoms with van der Waals surface area (Å²) < 4.78 is 4.99. The lowest BCUT2D eigenvalue weighted by atomic mass is 10.1. The molecule has 0 saturated heterocycles. The Balaban J connectivity index is 1.92. The molecule has 0 aliphatic rings. The summed E-state index contributed by atoms with van der Waals surface area (Å²) in [5.74, 6) is -1.20. The van der Waals surface area contributed by atoms with Crippen molar-refractivity contribution in [1.29, 1.82) is 0 Å². The predicted molar refractivity (Wildman–Crippen MR) is 105 cm³/mol. The third-order valence-corrected chi connectivity index (χ3v) is 4.09. The zero-order chi connectivity index (χ0) is 20.8. The minimum atomic E-state index is -0.815. The first-order valence-electron chi connectivity index (χ1n) is 8.40. The van der Waals surface area contributed by atoms with Crippen LogP contribution in [0.2, 0.25) is 0 Å². The minimum absolute atomic E-state index is 0.0275. The van der Waals surface area contributed by atoms with Gasteiger partial charge in [0.1, 0.15) is 0 Å². The van der Waals surface area contributed by atoms with Crippen LogP contribution in [0.4, 0.5) is 17.1 Å². The van der Waals surface area contributed by atoms with Gasteiger partial charge in [-0.2, -0.15) is 0 Å². The topological polar surface area (TPSA) is 119 Å². The molecule has 9 nitrogen and oxygen atoms in total. The Hall–Kier alpha value is -3.62. The fraction of sp³-hybridized carbons (Fsp3) is 0.263. The van der Waals surface area contributed by atoms with Crippen LogP contribution in [-0.2, 0) is 16.1 Å². The van der Waals surface area contributed by atoms with Crippen molar-refractivity contribution in [3.8, 4) is 0 Å². The lowest BCUT2D eigenvalue weighted by Gasteiger charge is -2.18. The van der Waals surface area contributed by atoms with Crippen LogP contribution in [0.25, 0.3) is 0 Å². The number of carbonyl (C=O) groups is 2.